The Labute approximate surface area is 169 Å². The molecule has 150 valence electrons. The summed E-state index contributed by atoms with van der Waals surface area (Å²) >= 11 is 0. The molecule has 0 aliphatic rings. The number of carbonyl (C=O) groups is 1. The van der Waals surface area contributed by atoms with Gasteiger partial charge < -0.3 is 9.84 Å². The molecule has 6 heteroatoms. The number of fused-ring (bicyclic) bond motifs is 1. The first kappa shape index (κ1) is 20.5. The number of hydrogen-bond donors (Lipinski definition) is 1. The Morgan fingerprint density at radius 1 is 1.21 bits per heavy atom. The normalized spacial score (nSPS) is 11.3. The average molecular weight is 392 g/mol. The third-order valence-electron chi connectivity index (χ3n) is 4.78. The van der Waals surface area contributed by atoms with Crippen LogP contribution in [-0.2, 0) is 24.2 Å². The molecule has 1 heterocycles. The van der Waals surface area contributed by atoms with Crippen molar-refractivity contribution in [1.29, 1.82) is 0 Å². The summed E-state index contributed by atoms with van der Waals surface area (Å²) < 4.78 is 6.91. The Bertz CT molecular complexity index is 1100. The van der Waals surface area contributed by atoms with Crippen molar-refractivity contribution in [3.63, 3.8) is 0 Å². The number of nitrogens with zero attached hydrogens (tertiary/aromatic N) is 2. The molecule has 3 aromatic rings. The molecule has 0 radical (unpaired) electrons. The summed E-state index contributed by atoms with van der Waals surface area (Å²) in [5.74, 6) is 1.16. The van der Waals surface area contributed by atoms with E-state index in [1.54, 1.807) is 36.0 Å². The Hall–Kier alpha value is -3.25. The third-order valence-corrected chi connectivity index (χ3v) is 4.78. The van der Waals surface area contributed by atoms with Gasteiger partial charge in [-0.25, -0.2) is 4.98 Å². The summed E-state index contributed by atoms with van der Waals surface area (Å²) in [7, 11) is 1.63. The van der Waals surface area contributed by atoms with Gasteiger partial charge in [-0.1, -0.05) is 31.2 Å². The Balaban J connectivity index is 1.91. The molecular weight excluding hydrogens is 368 g/mol. The van der Waals surface area contributed by atoms with E-state index in [4.69, 9.17) is 9.84 Å². The van der Waals surface area contributed by atoms with E-state index < -0.39 is 6.61 Å². The van der Waals surface area contributed by atoms with Gasteiger partial charge in [0.05, 0.1) is 18.0 Å². The van der Waals surface area contributed by atoms with Crippen molar-refractivity contribution in [1.82, 2.24) is 9.55 Å². The number of aryl methyl sites for hydroxylation is 2. The number of aliphatic hydroxyl groups excluding tert-OH is 1. The summed E-state index contributed by atoms with van der Waals surface area (Å²) in [6.07, 6.45) is 4.28. The van der Waals surface area contributed by atoms with Crippen molar-refractivity contribution >= 4 is 22.8 Å². The van der Waals surface area contributed by atoms with Crippen molar-refractivity contribution in [2.45, 2.75) is 26.3 Å². The SMILES string of the molecule is CCc1nc2cc(/C=C/C(=O)CO)ccc2c(=O)n1CCc1ccc(OC)cc1. The Kier molecular flexibility index (Phi) is 6.57. The number of ketones is 1. The lowest BCUT2D eigenvalue weighted by Crippen LogP contribution is -2.26. The molecule has 0 aliphatic heterocycles. The van der Waals surface area contributed by atoms with Crippen LogP contribution in [0, 0.1) is 0 Å². The highest BCUT2D eigenvalue weighted by molar-refractivity contribution is 5.94. The number of aliphatic hydroxyl groups is 1. The predicted octanol–water partition coefficient (Wildman–Crippen LogP) is 2.78. The van der Waals surface area contributed by atoms with Gasteiger partial charge in [0.15, 0.2) is 5.78 Å². The maximum atomic E-state index is 13.1. The number of methoxy groups -OCH3 is 1. The van der Waals surface area contributed by atoms with Gasteiger partial charge in [0, 0.05) is 13.0 Å². The first-order chi connectivity index (χ1) is 14.0. The lowest BCUT2D eigenvalue weighted by molar-refractivity contribution is -0.117. The molecule has 0 aliphatic carbocycles. The Morgan fingerprint density at radius 2 is 1.97 bits per heavy atom. The smallest absolute Gasteiger partial charge is 0.261 e. The standard InChI is InChI=1S/C23H24N2O4/c1-3-22-24-21-14-17(4-8-18(27)15-26)7-11-20(21)23(28)25(22)13-12-16-5-9-19(29-2)10-6-16/h4-11,14,26H,3,12-13,15H2,1-2H3/b8-4+. The molecule has 1 aromatic heterocycles. The summed E-state index contributed by atoms with van der Waals surface area (Å²) in [5.41, 5.74) is 2.41. The van der Waals surface area contributed by atoms with E-state index in [-0.39, 0.29) is 11.3 Å². The molecule has 0 spiro atoms. The largest absolute Gasteiger partial charge is 0.497 e. The van der Waals surface area contributed by atoms with Gasteiger partial charge in [0.25, 0.3) is 5.56 Å². The lowest BCUT2D eigenvalue weighted by Gasteiger charge is -2.13. The quantitative estimate of drug-likeness (QED) is 0.596. The van der Waals surface area contributed by atoms with Crippen LogP contribution in [0.1, 0.15) is 23.9 Å². The number of carbonyl (C=O) groups excluding carboxylic acids is 1. The van der Waals surface area contributed by atoms with E-state index in [0.717, 1.165) is 22.7 Å². The maximum absolute atomic E-state index is 13.1. The number of ether oxygens (including phenoxy) is 1. The minimum Gasteiger partial charge on any atom is -0.497 e. The van der Waals surface area contributed by atoms with Gasteiger partial charge in [0.2, 0.25) is 0 Å². The van der Waals surface area contributed by atoms with Gasteiger partial charge >= 0.3 is 0 Å². The van der Waals surface area contributed by atoms with Crippen LogP contribution in [0.5, 0.6) is 5.75 Å². The van der Waals surface area contributed by atoms with Crippen LogP contribution < -0.4 is 10.3 Å². The Morgan fingerprint density at radius 3 is 2.62 bits per heavy atom. The van der Waals surface area contributed by atoms with E-state index in [0.29, 0.717) is 30.3 Å². The van der Waals surface area contributed by atoms with Crippen LogP contribution >= 0.6 is 0 Å². The summed E-state index contributed by atoms with van der Waals surface area (Å²) in [6, 6.07) is 13.1. The average Bonchev–Trinajstić information content (AvgIpc) is 2.76. The zero-order valence-corrected chi connectivity index (χ0v) is 16.6. The molecule has 0 unspecified atom stereocenters. The lowest BCUT2D eigenvalue weighted by atomic mass is 10.1. The van der Waals surface area contributed by atoms with E-state index in [2.05, 4.69) is 4.98 Å². The molecule has 6 nitrogen and oxygen atoms in total. The van der Waals surface area contributed by atoms with E-state index in [1.807, 2.05) is 31.2 Å². The predicted molar refractivity (Wildman–Crippen MR) is 113 cm³/mol. The number of hydrogen-bond acceptors (Lipinski definition) is 5. The van der Waals surface area contributed by atoms with Gasteiger partial charge in [-0.3, -0.25) is 14.2 Å². The molecule has 0 fully saturated rings. The van der Waals surface area contributed by atoms with Crippen LogP contribution in [0.15, 0.2) is 53.3 Å². The first-order valence-corrected chi connectivity index (χ1v) is 9.54. The van der Waals surface area contributed by atoms with Crippen molar-refractivity contribution in [3.8, 4) is 5.75 Å². The van der Waals surface area contributed by atoms with Crippen LogP contribution in [0.3, 0.4) is 0 Å². The molecule has 0 saturated carbocycles. The van der Waals surface area contributed by atoms with Crippen LogP contribution in [0.2, 0.25) is 0 Å². The molecular formula is C23H24N2O4. The highest BCUT2D eigenvalue weighted by Crippen LogP contribution is 2.15. The third kappa shape index (κ3) is 4.78. The molecule has 2 aromatic carbocycles. The number of rotatable bonds is 8. The van der Waals surface area contributed by atoms with Crippen LogP contribution in [-0.4, -0.2) is 34.2 Å². The minimum absolute atomic E-state index is 0.0673. The van der Waals surface area contributed by atoms with Crippen molar-refractivity contribution in [2.75, 3.05) is 13.7 Å². The van der Waals surface area contributed by atoms with Crippen LogP contribution in [0.4, 0.5) is 0 Å². The second-order valence-corrected chi connectivity index (χ2v) is 6.67. The van der Waals surface area contributed by atoms with Gasteiger partial charge in [-0.2, -0.15) is 0 Å². The minimum atomic E-state index is -0.527. The highest BCUT2D eigenvalue weighted by atomic mass is 16.5. The first-order valence-electron chi connectivity index (χ1n) is 9.54. The summed E-state index contributed by atoms with van der Waals surface area (Å²) in [4.78, 5) is 29.0. The van der Waals surface area contributed by atoms with Crippen molar-refractivity contribution < 1.29 is 14.6 Å². The molecule has 3 rings (SSSR count). The van der Waals surface area contributed by atoms with Gasteiger partial charge in [-0.05, 0) is 47.9 Å². The fourth-order valence-corrected chi connectivity index (χ4v) is 3.16. The van der Waals surface area contributed by atoms with E-state index >= 15 is 0 Å². The fourth-order valence-electron chi connectivity index (χ4n) is 3.16. The fraction of sp³-hybridized carbons (Fsp3) is 0.261. The van der Waals surface area contributed by atoms with Crippen molar-refractivity contribution in [2.24, 2.45) is 0 Å². The summed E-state index contributed by atoms with van der Waals surface area (Å²) in [5, 5.41) is 9.36. The molecule has 1 N–H and O–H groups in total. The van der Waals surface area contributed by atoms with Gasteiger partial charge in [-0.15, -0.1) is 0 Å². The molecule has 0 atom stereocenters. The second-order valence-electron chi connectivity index (χ2n) is 6.67. The topological polar surface area (TPSA) is 81.4 Å². The zero-order chi connectivity index (χ0) is 20.8. The molecule has 0 bridgehead atoms. The molecule has 0 saturated heterocycles. The van der Waals surface area contributed by atoms with E-state index in [1.165, 1.54) is 6.08 Å². The second kappa shape index (κ2) is 9.30. The number of aromatic nitrogens is 2. The zero-order valence-electron chi connectivity index (χ0n) is 16.6. The van der Waals surface area contributed by atoms with Gasteiger partial charge in [0.1, 0.15) is 18.2 Å². The maximum Gasteiger partial charge on any atom is 0.261 e. The molecule has 0 amide bonds. The highest BCUT2D eigenvalue weighted by Gasteiger charge is 2.10. The molecule has 29 heavy (non-hydrogen) atoms. The van der Waals surface area contributed by atoms with Crippen LogP contribution in [0.25, 0.3) is 17.0 Å². The monoisotopic (exact) mass is 392 g/mol. The number of benzene rings is 2. The summed E-state index contributed by atoms with van der Waals surface area (Å²) in [6.45, 7) is 1.99. The van der Waals surface area contributed by atoms with E-state index in [9.17, 15) is 9.59 Å². The van der Waals surface area contributed by atoms with Crippen molar-refractivity contribution in [3.05, 3.63) is 75.8 Å².